The van der Waals surface area contributed by atoms with Crippen LogP contribution in [0.2, 0.25) is 0 Å². The van der Waals surface area contributed by atoms with Crippen LogP contribution in [0, 0.1) is 0 Å². The number of carbonyl (C=O) groups excluding carboxylic acids is 2. The zero-order valence-electron chi connectivity index (χ0n) is 24.8. The molecule has 0 saturated heterocycles. The van der Waals surface area contributed by atoms with Gasteiger partial charge in [0.25, 0.3) is 0 Å². The highest BCUT2D eigenvalue weighted by Crippen LogP contribution is 2.52. The zero-order valence-corrected chi connectivity index (χ0v) is 24.8. The number of hydrogen-bond acceptors (Lipinski definition) is 10. The number of hydrogen-bond donors (Lipinski definition) is 6. The molecule has 0 atom stereocenters. The van der Waals surface area contributed by atoms with Crippen molar-refractivity contribution in [3.63, 3.8) is 0 Å². The Morgan fingerprint density at radius 3 is 1.14 bits per heavy atom. The lowest BCUT2D eigenvalue weighted by atomic mass is 9.92. The lowest BCUT2D eigenvalue weighted by molar-refractivity contribution is 0.0485. The van der Waals surface area contributed by atoms with E-state index in [0.717, 1.165) is 76.3 Å². The molecule has 0 heterocycles. The molecule has 0 aliphatic rings. The van der Waals surface area contributed by atoms with E-state index in [1.165, 1.54) is 12.8 Å². The summed E-state index contributed by atoms with van der Waals surface area (Å²) in [6.07, 6.45) is 13.8. The molecule has 0 aliphatic carbocycles. The smallest absolute Gasteiger partial charge is 0.339 e. The summed E-state index contributed by atoms with van der Waals surface area (Å²) in [4.78, 5) is 26.2. The van der Waals surface area contributed by atoms with Gasteiger partial charge in [0.05, 0.1) is 24.3 Å². The second-order valence-electron chi connectivity index (χ2n) is 10.5. The van der Waals surface area contributed by atoms with Gasteiger partial charge in [-0.05, 0) is 25.0 Å². The van der Waals surface area contributed by atoms with Crippen LogP contribution in [-0.4, -0.2) is 55.8 Å². The van der Waals surface area contributed by atoms with Crippen molar-refractivity contribution in [2.45, 2.75) is 104 Å². The number of benzene rings is 2. The van der Waals surface area contributed by atoms with E-state index in [2.05, 4.69) is 13.8 Å². The lowest BCUT2D eigenvalue weighted by Gasteiger charge is -2.18. The molecular weight excluding hydrogens is 544 g/mol. The molecule has 0 aromatic heterocycles. The number of unbranched alkanes of at least 4 members (excludes halogenated alkanes) is 12. The van der Waals surface area contributed by atoms with Crippen molar-refractivity contribution in [1.82, 2.24) is 0 Å². The quantitative estimate of drug-likeness (QED) is 0.0549. The molecule has 6 N–H and O–H groups in total. The Labute approximate surface area is 247 Å². The number of aromatic hydroxyl groups is 6. The highest BCUT2D eigenvalue weighted by atomic mass is 16.5. The fraction of sp³-hybridized carbons (Fsp3) is 0.562. The second kappa shape index (κ2) is 17.9. The van der Waals surface area contributed by atoms with Gasteiger partial charge in [0, 0.05) is 11.1 Å². The molecule has 2 aromatic rings. The average molecular weight is 591 g/mol. The Morgan fingerprint density at radius 1 is 0.500 bits per heavy atom. The highest BCUT2D eigenvalue weighted by Gasteiger charge is 2.32. The minimum Gasteiger partial charge on any atom is -0.504 e. The molecule has 2 aromatic carbocycles. The van der Waals surface area contributed by atoms with Gasteiger partial charge in [-0.25, -0.2) is 9.59 Å². The molecule has 10 heteroatoms. The molecule has 0 aliphatic heterocycles. The van der Waals surface area contributed by atoms with Crippen LogP contribution >= 0.6 is 0 Å². The van der Waals surface area contributed by atoms with Gasteiger partial charge in [-0.1, -0.05) is 90.9 Å². The standard InChI is InChI=1S/C32H46O10/c1-3-5-7-9-11-13-15-17-41-31(39)21-19-23(33)27(35)29(37)25(21)26-22(20-24(34)28(36)30(26)38)32(40)42-18-16-14-12-10-8-6-4-2/h19-20,33-38H,3-18H2,1-2H3. The summed E-state index contributed by atoms with van der Waals surface area (Å²) in [6, 6.07) is 1.66. The summed E-state index contributed by atoms with van der Waals surface area (Å²) in [5.41, 5.74) is -2.12. The highest BCUT2D eigenvalue weighted by molar-refractivity contribution is 6.08. The van der Waals surface area contributed by atoms with Gasteiger partial charge in [0.15, 0.2) is 23.0 Å². The van der Waals surface area contributed by atoms with Gasteiger partial charge in [-0.2, -0.15) is 0 Å². The first-order chi connectivity index (χ1) is 20.1. The first kappa shape index (κ1) is 34.4. The summed E-state index contributed by atoms with van der Waals surface area (Å²) < 4.78 is 10.7. The van der Waals surface area contributed by atoms with E-state index in [1.54, 1.807) is 0 Å². The number of esters is 2. The first-order valence-corrected chi connectivity index (χ1v) is 15.1. The van der Waals surface area contributed by atoms with Crippen LogP contribution in [0.4, 0.5) is 0 Å². The molecule has 234 valence electrons. The van der Waals surface area contributed by atoms with Gasteiger partial charge >= 0.3 is 11.9 Å². The Morgan fingerprint density at radius 2 is 0.810 bits per heavy atom. The molecule has 0 spiro atoms. The van der Waals surface area contributed by atoms with E-state index in [4.69, 9.17) is 9.47 Å². The van der Waals surface area contributed by atoms with Crippen molar-refractivity contribution in [2.24, 2.45) is 0 Å². The van der Waals surface area contributed by atoms with E-state index in [9.17, 15) is 40.2 Å². The number of phenolic OH excluding ortho intramolecular Hbond substituents is 6. The maximum atomic E-state index is 13.1. The summed E-state index contributed by atoms with van der Waals surface area (Å²) in [5.74, 6) is -7.83. The van der Waals surface area contributed by atoms with Crippen molar-refractivity contribution >= 4 is 11.9 Å². The maximum Gasteiger partial charge on any atom is 0.339 e. The Hall–Kier alpha value is -3.82. The van der Waals surface area contributed by atoms with E-state index < -0.39 is 68.7 Å². The summed E-state index contributed by atoms with van der Waals surface area (Å²) in [7, 11) is 0. The number of rotatable bonds is 19. The topological polar surface area (TPSA) is 174 Å². The third kappa shape index (κ3) is 9.63. The summed E-state index contributed by atoms with van der Waals surface area (Å²) >= 11 is 0. The van der Waals surface area contributed by atoms with Crippen molar-refractivity contribution in [3.8, 4) is 45.6 Å². The van der Waals surface area contributed by atoms with Gasteiger partial charge in [-0.3, -0.25) is 0 Å². The maximum absolute atomic E-state index is 13.1. The van der Waals surface area contributed by atoms with Crippen molar-refractivity contribution in [3.05, 3.63) is 23.3 Å². The number of carbonyl (C=O) groups is 2. The molecule has 0 radical (unpaired) electrons. The van der Waals surface area contributed by atoms with Crippen LogP contribution in [-0.2, 0) is 9.47 Å². The summed E-state index contributed by atoms with van der Waals surface area (Å²) in [6.45, 7) is 4.34. The molecule has 0 unspecified atom stereocenters. The van der Waals surface area contributed by atoms with Crippen LogP contribution in [0.5, 0.6) is 34.5 Å². The molecular formula is C32H46O10. The van der Waals surface area contributed by atoms with E-state index in [1.807, 2.05) is 0 Å². The third-order valence-electron chi connectivity index (χ3n) is 7.16. The predicted octanol–water partition coefficient (Wildman–Crippen LogP) is 7.40. The predicted molar refractivity (Wildman–Crippen MR) is 158 cm³/mol. The van der Waals surface area contributed by atoms with E-state index in [-0.39, 0.29) is 13.2 Å². The Balaban J connectivity index is 2.29. The first-order valence-electron chi connectivity index (χ1n) is 15.1. The van der Waals surface area contributed by atoms with Crippen molar-refractivity contribution in [2.75, 3.05) is 13.2 Å². The van der Waals surface area contributed by atoms with Gasteiger partial charge in [0.1, 0.15) is 0 Å². The molecule has 0 bridgehead atoms. The minimum atomic E-state index is -1.04. The van der Waals surface area contributed by atoms with Gasteiger partial charge in [-0.15, -0.1) is 0 Å². The van der Waals surface area contributed by atoms with Crippen LogP contribution in [0.25, 0.3) is 11.1 Å². The van der Waals surface area contributed by atoms with Crippen molar-refractivity contribution < 1.29 is 49.7 Å². The zero-order chi connectivity index (χ0) is 31.1. The molecule has 2 rings (SSSR count). The largest absolute Gasteiger partial charge is 0.504 e. The fourth-order valence-electron chi connectivity index (χ4n) is 4.72. The van der Waals surface area contributed by atoms with Gasteiger partial charge < -0.3 is 40.1 Å². The average Bonchev–Trinajstić information content (AvgIpc) is 2.97. The Kier molecular flexibility index (Phi) is 14.6. The number of ether oxygens (including phenoxy) is 2. The fourth-order valence-corrected chi connectivity index (χ4v) is 4.72. The summed E-state index contributed by atoms with van der Waals surface area (Å²) in [5, 5.41) is 62.3. The van der Waals surface area contributed by atoms with Crippen LogP contribution in [0.15, 0.2) is 12.1 Å². The second-order valence-corrected chi connectivity index (χ2v) is 10.5. The van der Waals surface area contributed by atoms with Gasteiger partial charge in [0.2, 0.25) is 11.5 Å². The third-order valence-corrected chi connectivity index (χ3v) is 7.16. The SMILES string of the molecule is CCCCCCCCCOC(=O)c1cc(O)c(O)c(O)c1-c1c(C(=O)OCCCCCCCCC)cc(O)c(O)c1O. The molecule has 0 amide bonds. The van der Waals surface area contributed by atoms with E-state index >= 15 is 0 Å². The van der Waals surface area contributed by atoms with Crippen LogP contribution < -0.4 is 0 Å². The van der Waals surface area contributed by atoms with Crippen LogP contribution in [0.1, 0.15) is 124 Å². The molecule has 0 saturated carbocycles. The van der Waals surface area contributed by atoms with Crippen molar-refractivity contribution in [1.29, 1.82) is 0 Å². The minimum absolute atomic E-state index is 0.0363. The molecule has 10 nitrogen and oxygen atoms in total. The molecule has 42 heavy (non-hydrogen) atoms. The molecule has 0 fully saturated rings. The Bertz CT molecular complexity index is 1080. The normalized spacial score (nSPS) is 11.0. The lowest BCUT2D eigenvalue weighted by Crippen LogP contribution is -2.12. The monoisotopic (exact) mass is 590 g/mol. The van der Waals surface area contributed by atoms with E-state index in [0.29, 0.717) is 12.8 Å². The van der Waals surface area contributed by atoms with Crippen LogP contribution in [0.3, 0.4) is 0 Å². The number of phenols is 6.